The van der Waals surface area contributed by atoms with Crippen molar-refractivity contribution in [2.45, 2.75) is 19.3 Å². The molecule has 1 atom stereocenters. The van der Waals surface area contributed by atoms with E-state index in [-0.39, 0.29) is 12.5 Å². The minimum absolute atomic E-state index is 0.0289. The van der Waals surface area contributed by atoms with E-state index in [0.717, 1.165) is 23.3 Å². The van der Waals surface area contributed by atoms with Gasteiger partial charge in [-0.2, -0.15) is 0 Å². The standard InChI is InChI=1S/C12H19NO2/c1-3-9-6-10(11(7-13)8-14)4-5-12(9)15-2/h4-6,11,14H,3,7-8,13H2,1-2H3. The highest BCUT2D eigenvalue weighted by Gasteiger charge is 2.10. The van der Waals surface area contributed by atoms with Crippen LogP contribution in [0.5, 0.6) is 5.75 Å². The first-order valence-electron chi connectivity index (χ1n) is 5.24. The Labute approximate surface area is 90.9 Å². The van der Waals surface area contributed by atoms with Crippen LogP contribution in [0.1, 0.15) is 24.0 Å². The average Bonchev–Trinajstić information content (AvgIpc) is 2.30. The lowest BCUT2D eigenvalue weighted by Gasteiger charge is -2.15. The Hall–Kier alpha value is -1.06. The number of aryl methyl sites for hydroxylation is 1. The van der Waals surface area contributed by atoms with Crippen molar-refractivity contribution < 1.29 is 9.84 Å². The number of hydrogen-bond donors (Lipinski definition) is 2. The molecule has 3 N–H and O–H groups in total. The first kappa shape index (κ1) is 12.0. The van der Waals surface area contributed by atoms with Crippen molar-refractivity contribution in [1.82, 2.24) is 0 Å². The summed E-state index contributed by atoms with van der Waals surface area (Å²) in [5, 5.41) is 9.16. The van der Waals surface area contributed by atoms with E-state index in [1.54, 1.807) is 7.11 Å². The van der Waals surface area contributed by atoms with Crippen LogP contribution >= 0.6 is 0 Å². The molecule has 0 amide bonds. The van der Waals surface area contributed by atoms with Crippen molar-refractivity contribution in [1.29, 1.82) is 0 Å². The molecular weight excluding hydrogens is 190 g/mol. The Kier molecular flexibility index (Phi) is 4.59. The summed E-state index contributed by atoms with van der Waals surface area (Å²) in [6.45, 7) is 2.63. The Bertz CT molecular complexity index is 308. The smallest absolute Gasteiger partial charge is 0.122 e. The highest BCUT2D eigenvalue weighted by atomic mass is 16.5. The summed E-state index contributed by atoms with van der Waals surface area (Å²) < 4.78 is 5.24. The van der Waals surface area contributed by atoms with Gasteiger partial charge >= 0.3 is 0 Å². The van der Waals surface area contributed by atoms with Gasteiger partial charge in [0.1, 0.15) is 5.75 Å². The van der Waals surface area contributed by atoms with Crippen molar-refractivity contribution in [2.75, 3.05) is 20.3 Å². The maximum Gasteiger partial charge on any atom is 0.122 e. The third-order valence-electron chi connectivity index (χ3n) is 2.66. The second kappa shape index (κ2) is 5.73. The summed E-state index contributed by atoms with van der Waals surface area (Å²) in [5.74, 6) is 0.927. The summed E-state index contributed by atoms with van der Waals surface area (Å²) in [5.41, 5.74) is 7.82. The zero-order chi connectivity index (χ0) is 11.3. The molecule has 0 bridgehead atoms. The van der Waals surface area contributed by atoms with Gasteiger partial charge in [0.05, 0.1) is 13.7 Å². The minimum Gasteiger partial charge on any atom is -0.496 e. The van der Waals surface area contributed by atoms with Crippen molar-refractivity contribution in [3.05, 3.63) is 29.3 Å². The summed E-state index contributed by atoms with van der Waals surface area (Å²) in [4.78, 5) is 0. The number of methoxy groups -OCH3 is 1. The SMILES string of the molecule is CCc1cc(C(CN)CO)ccc1OC. The zero-order valence-electron chi connectivity index (χ0n) is 9.36. The molecule has 1 rings (SSSR count). The van der Waals surface area contributed by atoms with Crippen molar-refractivity contribution >= 4 is 0 Å². The van der Waals surface area contributed by atoms with Crippen molar-refractivity contribution in [3.63, 3.8) is 0 Å². The monoisotopic (exact) mass is 209 g/mol. The minimum atomic E-state index is 0.0289. The van der Waals surface area contributed by atoms with E-state index in [9.17, 15) is 0 Å². The van der Waals surface area contributed by atoms with Crippen LogP contribution in [-0.4, -0.2) is 25.4 Å². The molecule has 0 saturated heterocycles. The van der Waals surface area contributed by atoms with Crippen LogP contribution in [-0.2, 0) is 6.42 Å². The lowest BCUT2D eigenvalue weighted by molar-refractivity contribution is 0.267. The Morgan fingerprint density at radius 1 is 1.47 bits per heavy atom. The van der Waals surface area contributed by atoms with Crippen LogP contribution in [0.4, 0.5) is 0 Å². The first-order valence-corrected chi connectivity index (χ1v) is 5.24. The lowest BCUT2D eigenvalue weighted by Crippen LogP contribution is -2.16. The molecule has 0 heterocycles. The second-order valence-corrected chi connectivity index (χ2v) is 3.54. The van der Waals surface area contributed by atoms with Gasteiger partial charge in [-0.1, -0.05) is 19.1 Å². The van der Waals surface area contributed by atoms with Gasteiger partial charge in [-0.3, -0.25) is 0 Å². The Morgan fingerprint density at radius 3 is 2.67 bits per heavy atom. The van der Waals surface area contributed by atoms with E-state index in [0.29, 0.717) is 6.54 Å². The van der Waals surface area contributed by atoms with Crippen LogP contribution < -0.4 is 10.5 Å². The number of rotatable bonds is 5. The van der Waals surface area contributed by atoms with Crippen LogP contribution in [0.2, 0.25) is 0 Å². The van der Waals surface area contributed by atoms with Gasteiger partial charge in [-0.15, -0.1) is 0 Å². The van der Waals surface area contributed by atoms with Crippen LogP contribution in [0.25, 0.3) is 0 Å². The summed E-state index contributed by atoms with van der Waals surface area (Å²) >= 11 is 0. The molecule has 3 nitrogen and oxygen atoms in total. The number of aliphatic hydroxyl groups is 1. The molecule has 1 aromatic carbocycles. The molecule has 1 aromatic rings. The highest BCUT2D eigenvalue weighted by Crippen LogP contribution is 2.24. The largest absolute Gasteiger partial charge is 0.496 e. The average molecular weight is 209 g/mol. The molecule has 0 radical (unpaired) electrons. The molecule has 0 aliphatic rings. The van der Waals surface area contributed by atoms with Gasteiger partial charge in [-0.05, 0) is 23.6 Å². The van der Waals surface area contributed by atoms with Crippen molar-refractivity contribution in [3.8, 4) is 5.75 Å². The number of aliphatic hydroxyl groups excluding tert-OH is 1. The molecule has 0 fully saturated rings. The Balaban J connectivity index is 3.01. The first-order chi connectivity index (χ1) is 7.26. The predicted octanol–water partition coefficient (Wildman–Crippen LogP) is 1.29. The van der Waals surface area contributed by atoms with Gasteiger partial charge in [0.15, 0.2) is 0 Å². The zero-order valence-corrected chi connectivity index (χ0v) is 9.36. The highest BCUT2D eigenvalue weighted by molar-refractivity contribution is 5.38. The number of ether oxygens (including phenoxy) is 1. The van der Waals surface area contributed by atoms with E-state index in [1.807, 2.05) is 12.1 Å². The Morgan fingerprint density at radius 2 is 2.20 bits per heavy atom. The molecule has 0 aliphatic heterocycles. The van der Waals surface area contributed by atoms with E-state index >= 15 is 0 Å². The normalized spacial score (nSPS) is 12.5. The summed E-state index contributed by atoms with van der Waals surface area (Å²) in [7, 11) is 1.67. The van der Waals surface area contributed by atoms with E-state index < -0.39 is 0 Å². The summed E-state index contributed by atoms with van der Waals surface area (Å²) in [6.07, 6.45) is 0.916. The molecule has 0 saturated carbocycles. The van der Waals surface area contributed by atoms with E-state index in [1.165, 1.54) is 0 Å². The van der Waals surface area contributed by atoms with Crippen LogP contribution in [0.15, 0.2) is 18.2 Å². The molecule has 84 valence electrons. The molecule has 0 spiro atoms. The summed E-state index contributed by atoms with van der Waals surface area (Å²) in [6, 6.07) is 5.96. The van der Waals surface area contributed by atoms with Crippen molar-refractivity contribution in [2.24, 2.45) is 5.73 Å². The van der Waals surface area contributed by atoms with Crippen LogP contribution in [0.3, 0.4) is 0 Å². The molecule has 1 unspecified atom stereocenters. The maximum absolute atomic E-state index is 9.16. The third kappa shape index (κ3) is 2.70. The second-order valence-electron chi connectivity index (χ2n) is 3.54. The number of benzene rings is 1. The molecule has 0 aromatic heterocycles. The van der Waals surface area contributed by atoms with Gasteiger partial charge < -0.3 is 15.6 Å². The molecule has 0 aliphatic carbocycles. The van der Waals surface area contributed by atoms with Gasteiger partial charge in [-0.25, -0.2) is 0 Å². The molecule has 3 heteroatoms. The van der Waals surface area contributed by atoms with E-state index in [4.69, 9.17) is 15.6 Å². The third-order valence-corrected chi connectivity index (χ3v) is 2.66. The van der Waals surface area contributed by atoms with Gasteiger partial charge in [0, 0.05) is 12.5 Å². The quantitative estimate of drug-likeness (QED) is 0.768. The molecular formula is C12H19NO2. The fraction of sp³-hybridized carbons (Fsp3) is 0.500. The fourth-order valence-electron chi connectivity index (χ4n) is 1.64. The predicted molar refractivity (Wildman–Crippen MR) is 61.3 cm³/mol. The van der Waals surface area contributed by atoms with E-state index in [2.05, 4.69) is 13.0 Å². The van der Waals surface area contributed by atoms with Gasteiger partial charge in [0.2, 0.25) is 0 Å². The lowest BCUT2D eigenvalue weighted by atomic mass is 9.97. The molecule has 15 heavy (non-hydrogen) atoms. The number of hydrogen-bond acceptors (Lipinski definition) is 3. The van der Waals surface area contributed by atoms with Gasteiger partial charge in [0.25, 0.3) is 0 Å². The number of nitrogens with two attached hydrogens (primary N) is 1. The topological polar surface area (TPSA) is 55.5 Å². The fourth-order valence-corrected chi connectivity index (χ4v) is 1.64. The maximum atomic E-state index is 9.16. The van der Waals surface area contributed by atoms with Crippen LogP contribution in [0, 0.1) is 0 Å².